The number of nitrogen functional groups attached to an aromatic ring is 1. The highest BCUT2D eigenvalue weighted by Gasteiger charge is 2.72. The highest BCUT2D eigenvalue weighted by atomic mass is 31.2. The van der Waals surface area contributed by atoms with E-state index in [-0.39, 0.29) is 12.2 Å². The number of ether oxygens (including phenoxy) is 1. The monoisotopic (exact) mass is 441 g/mol. The van der Waals surface area contributed by atoms with Crippen LogP contribution >= 0.6 is 7.60 Å². The normalized spacial score (nSPS) is 41.6. The van der Waals surface area contributed by atoms with E-state index in [1.165, 1.54) is 6.33 Å². The van der Waals surface area contributed by atoms with Crippen molar-refractivity contribution in [2.24, 2.45) is 0 Å². The lowest BCUT2D eigenvalue weighted by Gasteiger charge is -2.41. The summed E-state index contributed by atoms with van der Waals surface area (Å²) < 4.78 is 31.6. The van der Waals surface area contributed by atoms with Crippen LogP contribution in [0.25, 0.3) is 11.2 Å². The van der Waals surface area contributed by atoms with Crippen LogP contribution in [0.1, 0.15) is 51.6 Å². The molecule has 0 spiro atoms. The molecule has 0 amide bonds. The summed E-state index contributed by atoms with van der Waals surface area (Å²) in [6.45, 7) is 5.14. The van der Waals surface area contributed by atoms with Crippen molar-refractivity contribution in [3.8, 4) is 0 Å². The van der Waals surface area contributed by atoms with Gasteiger partial charge < -0.3 is 25.8 Å². The Bertz CT molecular complexity index is 1080. The second-order valence-electron chi connectivity index (χ2n) is 8.16. The first-order valence-electron chi connectivity index (χ1n) is 9.83. The van der Waals surface area contributed by atoms with Gasteiger partial charge in [0.15, 0.2) is 23.2 Å². The molecule has 5 unspecified atom stereocenters. The zero-order chi connectivity index (χ0) is 21.6. The number of rotatable bonds is 5. The van der Waals surface area contributed by atoms with E-state index in [1.807, 2.05) is 6.92 Å². The summed E-state index contributed by atoms with van der Waals surface area (Å²) >= 11 is 0. The molecule has 2 saturated heterocycles. The fraction of sp³-hybridized carbons (Fsp3) is 0.706. The van der Waals surface area contributed by atoms with Gasteiger partial charge in [-0.15, -0.1) is 0 Å². The van der Waals surface area contributed by atoms with E-state index in [4.69, 9.17) is 19.5 Å². The molecule has 0 aliphatic carbocycles. The number of aliphatic hydroxyl groups excluding tert-OH is 2. The zero-order valence-electron chi connectivity index (χ0n) is 16.7. The van der Waals surface area contributed by atoms with E-state index in [1.54, 1.807) is 18.4 Å². The van der Waals surface area contributed by atoms with Crippen molar-refractivity contribution in [3.05, 3.63) is 12.2 Å². The molecule has 8 atom stereocenters. The molecule has 0 saturated carbocycles. The van der Waals surface area contributed by atoms with E-state index < -0.39 is 49.2 Å². The van der Waals surface area contributed by atoms with Gasteiger partial charge in [0.05, 0.1) is 11.5 Å². The van der Waals surface area contributed by atoms with E-state index in [0.29, 0.717) is 23.4 Å². The van der Waals surface area contributed by atoms with Gasteiger partial charge in [0.1, 0.15) is 30.5 Å². The molecule has 3 aliphatic heterocycles. The number of hydrogen-bond donors (Lipinski definition) is 4. The van der Waals surface area contributed by atoms with Crippen LogP contribution < -0.4 is 5.73 Å². The van der Waals surface area contributed by atoms with Crippen LogP contribution in [0.3, 0.4) is 0 Å². The number of imidazole rings is 1. The molecule has 30 heavy (non-hydrogen) atoms. The van der Waals surface area contributed by atoms with Gasteiger partial charge in [-0.3, -0.25) is 18.2 Å². The number of aliphatic hydroxyl groups is 3. The second kappa shape index (κ2) is 6.19. The van der Waals surface area contributed by atoms with Gasteiger partial charge in [-0.2, -0.15) is 0 Å². The Morgan fingerprint density at radius 3 is 2.73 bits per heavy atom. The zero-order valence-corrected chi connectivity index (χ0v) is 17.6. The largest absolute Gasteiger partial charge is 0.393 e. The van der Waals surface area contributed by atoms with Crippen molar-refractivity contribution in [3.63, 3.8) is 0 Å². The lowest BCUT2D eigenvalue weighted by molar-refractivity contribution is -0.105. The van der Waals surface area contributed by atoms with Gasteiger partial charge in [-0.05, 0) is 13.3 Å². The molecule has 2 aromatic rings. The minimum atomic E-state index is -3.79. The molecular formula is C17H24N5O7P. The molecule has 0 aromatic carbocycles. The number of hydrogen-bond acceptors (Lipinski definition) is 11. The van der Waals surface area contributed by atoms with Crippen molar-refractivity contribution in [2.75, 3.05) is 5.73 Å². The molecule has 2 aromatic heterocycles. The maximum Gasteiger partial charge on any atom is 0.393 e. The minimum absolute atomic E-state index is 0.0999. The van der Waals surface area contributed by atoms with Gasteiger partial charge in [-0.25, -0.2) is 15.0 Å². The van der Waals surface area contributed by atoms with Crippen LogP contribution in [-0.4, -0.2) is 64.3 Å². The first kappa shape index (κ1) is 20.3. The fourth-order valence-electron chi connectivity index (χ4n) is 4.49. The molecule has 5 rings (SSSR count). The number of nitrogens with zero attached hydrogens (tertiary/aromatic N) is 4. The first-order valence-corrected chi connectivity index (χ1v) is 11.4. The molecular weight excluding hydrogens is 417 g/mol. The van der Waals surface area contributed by atoms with Crippen LogP contribution in [0, 0.1) is 0 Å². The van der Waals surface area contributed by atoms with Crippen molar-refractivity contribution in [2.45, 2.75) is 75.2 Å². The summed E-state index contributed by atoms with van der Waals surface area (Å²) in [5, 5.41) is 31.6. The topological polar surface area (TPSA) is 178 Å². The lowest BCUT2D eigenvalue weighted by Crippen LogP contribution is -2.47. The number of fused-ring (bicyclic) bond motifs is 6. The van der Waals surface area contributed by atoms with Gasteiger partial charge in [0.2, 0.25) is 0 Å². The summed E-state index contributed by atoms with van der Waals surface area (Å²) in [5.41, 5.74) is 3.59. The Labute approximate surface area is 171 Å². The van der Waals surface area contributed by atoms with Gasteiger partial charge in [0, 0.05) is 6.42 Å². The predicted molar refractivity (Wildman–Crippen MR) is 102 cm³/mol. The third-order valence-electron chi connectivity index (χ3n) is 6.48. The predicted octanol–water partition coefficient (Wildman–Crippen LogP) is 0.590. The standard InChI is InChI=1S/C17H24N5O7P/c1-4-16(3,28-30(26)17(25,5-2)29-30)7-11-9(23)10(24)15(27-11)22-13(7)21-8-12(18)19-6-20-14(8)22/h6-7,9-11,15,23-25H,4-5H2,1-3H3,(H2,18,19,20)/t7-,9?,10-,11?,15?,16+,17?,30?/m1/s1. The van der Waals surface area contributed by atoms with Crippen molar-refractivity contribution < 1.29 is 33.7 Å². The Kier molecular flexibility index (Phi) is 4.18. The molecule has 2 fully saturated rings. The average Bonchev–Trinajstić information content (AvgIpc) is 2.98. The Hall–Kier alpha value is -1.66. The number of nitrogens with two attached hydrogens (primary N) is 1. The van der Waals surface area contributed by atoms with Crippen molar-refractivity contribution in [1.82, 2.24) is 19.5 Å². The third-order valence-corrected chi connectivity index (χ3v) is 8.78. The summed E-state index contributed by atoms with van der Waals surface area (Å²) in [5.74, 6) is -0.202. The van der Waals surface area contributed by atoms with E-state index in [0.717, 1.165) is 0 Å². The fourth-order valence-corrected chi connectivity index (χ4v) is 6.52. The SMILES string of the molecule is CCC1(O)OP1(=O)O[C@@](C)(CC)[C@H]1c2nc3c(N)ncnc3n2C2OC1C(O)[C@H]2O. The summed E-state index contributed by atoms with van der Waals surface area (Å²) in [4.78, 5) is 12.8. The molecule has 5 heterocycles. The van der Waals surface area contributed by atoms with E-state index in [9.17, 15) is 19.9 Å². The van der Waals surface area contributed by atoms with Gasteiger partial charge >= 0.3 is 7.60 Å². The minimum Gasteiger partial charge on any atom is -0.387 e. The second-order valence-corrected chi connectivity index (χ2v) is 10.2. The van der Waals surface area contributed by atoms with Crippen molar-refractivity contribution >= 4 is 24.6 Å². The van der Waals surface area contributed by atoms with Crippen LogP contribution in [0.15, 0.2) is 6.33 Å². The molecule has 13 heteroatoms. The average molecular weight is 441 g/mol. The summed E-state index contributed by atoms with van der Waals surface area (Å²) in [6, 6.07) is 0. The van der Waals surface area contributed by atoms with Crippen LogP contribution in [0.2, 0.25) is 0 Å². The highest BCUT2D eigenvalue weighted by molar-refractivity contribution is 7.61. The summed E-state index contributed by atoms with van der Waals surface area (Å²) in [7, 11) is -3.79. The Morgan fingerprint density at radius 1 is 1.37 bits per heavy atom. The van der Waals surface area contributed by atoms with E-state index in [2.05, 4.69) is 15.0 Å². The first-order chi connectivity index (χ1) is 14.1. The Balaban J connectivity index is 1.67. The molecule has 3 aliphatic rings. The van der Waals surface area contributed by atoms with Gasteiger partial charge in [-0.1, -0.05) is 13.8 Å². The number of aromatic nitrogens is 4. The maximum atomic E-state index is 13.0. The smallest absolute Gasteiger partial charge is 0.387 e. The quantitative estimate of drug-likeness (QED) is 0.377. The Morgan fingerprint density at radius 2 is 2.10 bits per heavy atom. The molecule has 164 valence electrons. The molecule has 5 N–H and O–H groups in total. The van der Waals surface area contributed by atoms with Crippen LogP contribution in [-0.2, 0) is 18.3 Å². The third kappa shape index (κ3) is 2.44. The maximum absolute atomic E-state index is 13.0. The lowest BCUT2D eigenvalue weighted by atomic mass is 9.80. The molecule has 12 nitrogen and oxygen atoms in total. The van der Waals surface area contributed by atoms with E-state index >= 15 is 0 Å². The summed E-state index contributed by atoms with van der Waals surface area (Å²) in [6.07, 6.45) is -2.60. The molecule has 0 radical (unpaired) electrons. The van der Waals surface area contributed by atoms with Crippen molar-refractivity contribution in [1.29, 1.82) is 0 Å². The van der Waals surface area contributed by atoms with Crippen LogP contribution in [0.4, 0.5) is 5.82 Å². The highest BCUT2D eigenvalue weighted by Crippen LogP contribution is 2.80. The molecule has 2 bridgehead atoms. The van der Waals surface area contributed by atoms with Gasteiger partial charge in [0.25, 0.3) is 5.53 Å². The van der Waals surface area contributed by atoms with Crippen LogP contribution in [0.5, 0.6) is 0 Å². The number of anilines is 1.